The van der Waals surface area contributed by atoms with Crippen LogP contribution in [-0.2, 0) is 0 Å². The van der Waals surface area contributed by atoms with E-state index in [4.69, 9.17) is 5.73 Å². The molecule has 0 aromatic heterocycles. The maximum atomic E-state index is 11.8. The molecule has 1 rings (SSSR count). The Morgan fingerprint density at radius 2 is 1.80 bits per heavy atom. The summed E-state index contributed by atoms with van der Waals surface area (Å²) >= 11 is 0. The Hall–Kier alpha value is -0.970. The van der Waals surface area contributed by atoms with Crippen molar-refractivity contribution >= 4 is 36.4 Å². The third-order valence-electron chi connectivity index (χ3n) is 3.04. The molecule has 0 heterocycles. The fourth-order valence-corrected chi connectivity index (χ4v) is 1.84. The summed E-state index contributed by atoms with van der Waals surface area (Å²) in [4.78, 5) is 14.2. The second-order valence-corrected chi connectivity index (χ2v) is 4.22. The van der Waals surface area contributed by atoms with Crippen LogP contribution < -0.4 is 11.1 Å². The lowest BCUT2D eigenvalue weighted by Gasteiger charge is -2.17. The number of amides is 1. The van der Waals surface area contributed by atoms with Gasteiger partial charge in [-0.2, -0.15) is 0 Å². The quantitative estimate of drug-likeness (QED) is 0.599. The molecule has 0 spiro atoms. The minimum atomic E-state index is -0.0901. The van der Waals surface area contributed by atoms with E-state index in [-0.39, 0.29) is 30.7 Å². The van der Waals surface area contributed by atoms with Crippen molar-refractivity contribution in [3.63, 3.8) is 0 Å². The van der Waals surface area contributed by atoms with Gasteiger partial charge in [-0.3, -0.25) is 4.79 Å². The van der Waals surface area contributed by atoms with Crippen molar-refractivity contribution in [1.82, 2.24) is 10.2 Å². The first kappa shape index (κ1) is 21.3. The van der Waals surface area contributed by atoms with Gasteiger partial charge in [0, 0.05) is 12.2 Å². The van der Waals surface area contributed by atoms with Gasteiger partial charge in [0.1, 0.15) is 0 Å². The van der Waals surface area contributed by atoms with E-state index in [0.717, 1.165) is 26.1 Å². The maximum Gasteiger partial charge on any atom is 0.253 e. The van der Waals surface area contributed by atoms with Crippen molar-refractivity contribution in [3.8, 4) is 0 Å². The Balaban J connectivity index is 0. The minimum absolute atomic E-state index is 0. The lowest BCUT2D eigenvalue weighted by atomic mass is 10.1. The number of carbonyl (C=O) groups is 1. The zero-order chi connectivity index (χ0) is 13.4. The highest BCUT2D eigenvalue weighted by Gasteiger charge is 2.07. The molecular formula is C14H25Cl2N3O. The largest absolute Gasteiger partial charge is 0.398 e. The van der Waals surface area contributed by atoms with Gasteiger partial charge in [0.25, 0.3) is 5.91 Å². The molecule has 0 bridgehead atoms. The fourth-order valence-electron chi connectivity index (χ4n) is 1.84. The summed E-state index contributed by atoms with van der Waals surface area (Å²) in [6, 6.07) is 7.13. The van der Waals surface area contributed by atoms with E-state index in [1.807, 2.05) is 12.1 Å². The molecule has 6 heteroatoms. The third-order valence-corrected chi connectivity index (χ3v) is 3.04. The van der Waals surface area contributed by atoms with E-state index < -0.39 is 0 Å². The number of rotatable bonds is 7. The van der Waals surface area contributed by atoms with Gasteiger partial charge in [0.05, 0.1) is 5.56 Å². The number of anilines is 1. The Kier molecular flexibility index (Phi) is 12.6. The van der Waals surface area contributed by atoms with Crippen LogP contribution in [0, 0.1) is 0 Å². The van der Waals surface area contributed by atoms with Crippen LogP contribution >= 0.6 is 24.8 Å². The van der Waals surface area contributed by atoms with Gasteiger partial charge in [0.2, 0.25) is 0 Å². The molecule has 3 N–H and O–H groups in total. The predicted octanol–water partition coefficient (Wildman–Crippen LogP) is 2.57. The first-order chi connectivity index (χ1) is 8.69. The second-order valence-electron chi connectivity index (χ2n) is 4.22. The van der Waals surface area contributed by atoms with Gasteiger partial charge < -0.3 is 16.0 Å². The van der Waals surface area contributed by atoms with Gasteiger partial charge in [0.15, 0.2) is 0 Å². The SMILES string of the molecule is CCN(CC)CCCNC(=O)c1ccccc1N.Cl.Cl. The van der Waals surface area contributed by atoms with E-state index in [2.05, 4.69) is 24.1 Å². The van der Waals surface area contributed by atoms with E-state index in [0.29, 0.717) is 17.8 Å². The van der Waals surface area contributed by atoms with Crippen LogP contribution in [0.2, 0.25) is 0 Å². The van der Waals surface area contributed by atoms with Crippen LogP contribution in [-0.4, -0.2) is 37.0 Å². The number of nitrogen functional groups attached to an aromatic ring is 1. The molecule has 1 amide bonds. The molecule has 0 aliphatic carbocycles. The Labute approximate surface area is 133 Å². The second kappa shape index (κ2) is 11.8. The molecule has 1 aromatic carbocycles. The zero-order valence-corrected chi connectivity index (χ0v) is 13.7. The van der Waals surface area contributed by atoms with Gasteiger partial charge in [-0.15, -0.1) is 24.8 Å². The summed E-state index contributed by atoms with van der Waals surface area (Å²) in [5.41, 5.74) is 6.83. The Morgan fingerprint density at radius 1 is 1.20 bits per heavy atom. The van der Waals surface area contributed by atoms with Gasteiger partial charge in [-0.1, -0.05) is 26.0 Å². The molecule has 0 atom stereocenters. The summed E-state index contributed by atoms with van der Waals surface area (Å²) in [7, 11) is 0. The Bertz CT molecular complexity index is 384. The Morgan fingerprint density at radius 3 is 2.35 bits per heavy atom. The van der Waals surface area contributed by atoms with Crippen molar-refractivity contribution in [2.45, 2.75) is 20.3 Å². The number of hydrogen-bond donors (Lipinski definition) is 2. The van der Waals surface area contributed by atoms with Crippen molar-refractivity contribution in [2.24, 2.45) is 0 Å². The van der Waals surface area contributed by atoms with Crippen LogP contribution in [0.15, 0.2) is 24.3 Å². The van der Waals surface area contributed by atoms with Crippen LogP contribution in [0.25, 0.3) is 0 Å². The number of nitrogens with one attached hydrogen (secondary N) is 1. The van der Waals surface area contributed by atoms with Crippen LogP contribution in [0.5, 0.6) is 0 Å². The maximum absolute atomic E-state index is 11.8. The summed E-state index contributed by atoms with van der Waals surface area (Å²) in [5, 5.41) is 2.90. The van der Waals surface area contributed by atoms with E-state index in [1.165, 1.54) is 0 Å². The molecule has 0 saturated heterocycles. The molecule has 20 heavy (non-hydrogen) atoms. The molecule has 0 unspecified atom stereocenters. The topological polar surface area (TPSA) is 58.4 Å². The lowest BCUT2D eigenvalue weighted by molar-refractivity contribution is 0.0952. The standard InChI is InChI=1S/C14H23N3O.2ClH/c1-3-17(4-2)11-7-10-16-14(18)12-8-5-6-9-13(12)15;;/h5-6,8-9H,3-4,7,10-11,15H2,1-2H3,(H,16,18);2*1H. The summed E-state index contributed by atoms with van der Waals surface area (Å²) in [6.07, 6.45) is 0.958. The van der Waals surface area contributed by atoms with E-state index >= 15 is 0 Å². The van der Waals surface area contributed by atoms with Crippen LogP contribution in [0.3, 0.4) is 0 Å². The number of nitrogens with two attached hydrogens (primary N) is 1. The molecule has 0 aliphatic heterocycles. The van der Waals surface area contributed by atoms with Crippen LogP contribution in [0.4, 0.5) is 5.69 Å². The first-order valence-electron chi connectivity index (χ1n) is 6.54. The third kappa shape index (κ3) is 6.98. The molecular weight excluding hydrogens is 297 g/mol. The highest BCUT2D eigenvalue weighted by Crippen LogP contribution is 2.09. The number of carbonyl (C=O) groups excluding carboxylic acids is 1. The zero-order valence-electron chi connectivity index (χ0n) is 12.1. The van der Waals surface area contributed by atoms with Crippen molar-refractivity contribution < 1.29 is 4.79 Å². The number of para-hydroxylation sites is 1. The molecule has 116 valence electrons. The number of nitrogens with zero attached hydrogens (tertiary/aromatic N) is 1. The lowest BCUT2D eigenvalue weighted by Crippen LogP contribution is -2.30. The fraction of sp³-hybridized carbons (Fsp3) is 0.500. The highest BCUT2D eigenvalue weighted by molar-refractivity contribution is 5.99. The van der Waals surface area contributed by atoms with Gasteiger partial charge in [-0.05, 0) is 38.2 Å². The highest BCUT2D eigenvalue weighted by atomic mass is 35.5. The van der Waals surface area contributed by atoms with E-state index in [1.54, 1.807) is 12.1 Å². The number of halogens is 2. The smallest absolute Gasteiger partial charge is 0.253 e. The van der Waals surface area contributed by atoms with Crippen LogP contribution in [0.1, 0.15) is 30.6 Å². The average molecular weight is 322 g/mol. The average Bonchev–Trinajstić information content (AvgIpc) is 2.39. The number of benzene rings is 1. The van der Waals surface area contributed by atoms with Crippen molar-refractivity contribution in [1.29, 1.82) is 0 Å². The van der Waals surface area contributed by atoms with Crippen molar-refractivity contribution in [2.75, 3.05) is 31.9 Å². The molecule has 0 fully saturated rings. The predicted molar refractivity (Wildman–Crippen MR) is 90.1 cm³/mol. The summed E-state index contributed by atoms with van der Waals surface area (Å²) < 4.78 is 0. The summed E-state index contributed by atoms with van der Waals surface area (Å²) in [6.45, 7) is 8.09. The molecule has 1 aromatic rings. The van der Waals surface area contributed by atoms with Crippen molar-refractivity contribution in [3.05, 3.63) is 29.8 Å². The number of hydrogen-bond acceptors (Lipinski definition) is 3. The normalized spacial score (nSPS) is 9.55. The monoisotopic (exact) mass is 321 g/mol. The minimum Gasteiger partial charge on any atom is -0.398 e. The van der Waals surface area contributed by atoms with E-state index in [9.17, 15) is 4.79 Å². The van der Waals surface area contributed by atoms with Gasteiger partial charge >= 0.3 is 0 Å². The molecule has 0 saturated carbocycles. The first-order valence-corrected chi connectivity index (χ1v) is 6.54. The van der Waals surface area contributed by atoms with Gasteiger partial charge in [-0.25, -0.2) is 0 Å². The molecule has 0 radical (unpaired) electrons. The summed E-state index contributed by atoms with van der Waals surface area (Å²) in [5.74, 6) is -0.0901. The molecule has 4 nitrogen and oxygen atoms in total. The molecule has 0 aliphatic rings.